The zero-order valence-electron chi connectivity index (χ0n) is 12.4. The molecule has 4 nitrogen and oxygen atoms in total. The number of amidine groups is 1. The normalized spacial score (nSPS) is 13.8. The molecule has 0 heterocycles. The SMILES string of the molecule is CCC(CC)C(C)NCc1ccc(/C(N)=N/O)cc1Cl. The van der Waals surface area contributed by atoms with Crippen LogP contribution in [0, 0.1) is 5.92 Å². The van der Waals surface area contributed by atoms with Crippen molar-refractivity contribution in [1.29, 1.82) is 0 Å². The summed E-state index contributed by atoms with van der Waals surface area (Å²) in [4.78, 5) is 0. The van der Waals surface area contributed by atoms with Gasteiger partial charge < -0.3 is 16.3 Å². The summed E-state index contributed by atoms with van der Waals surface area (Å²) in [6.07, 6.45) is 2.33. The number of hydrogen-bond donors (Lipinski definition) is 3. The van der Waals surface area contributed by atoms with E-state index in [9.17, 15) is 0 Å². The van der Waals surface area contributed by atoms with E-state index in [0.29, 0.717) is 29.1 Å². The first-order chi connectivity index (χ1) is 9.53. The highest BCUT2D eigenvalue weighted by molar-refractivity contribution is 6.31. The Morgan fingerprint density at radius 2 is 2.05 bits per heavy atom. The van der Waals surface area contributed by atoms with Gasteiger partial charge >= 0.3 is 0 Å². The van der Waals surface area contributed by atoms with Gasteiger partial charge in [0.2, 0.25) is 0 Å². The summed E-state index contributed by atoms with van der Waals surface area (Å²) in [5.74, 6) is 0.738. The predicted molar refractivity (Wildman–Crippen MR) is 84.3 cm³/mol. The Bertz CT molecular complexity index is 458. The molecule has 0 aromatic heterocycles. The fourth-order valence-corrected chi connectivity index (χ4v) is 2.59. The molecule has 0 radical (unpaired) electrons. The summed E-state index contributed by atoms with van der Waals surface area (Å²) in [5, 5.41) is 15.7. The van der Waals surface area contributed by atoms with Crippen LogP contribution in [0.25, 0.3) is 0 Å². The second-order valence-electron chi connectivity index (χ2n) is 5.04. The second kappa shape index (κ2) is 8.12. The molecule has 0 aliphatic rings. The van der Waals surface area contributed by atoms with Crippen LogP contribution in [-0.2, 0) is 6.54 Å². The van der Waals surface area contributed by atoms with Crippen molar-refractivity contribution in [2.45, 2.75) is 46.2 Å². The van der Waals surface area contributed by atoms with Gasteiger partial charge in [0.25, 0.3) is 0 Å². The van der Waals surface area contributed by atoms with E-state index in [1.165, 1.54) is 12.8 Å². The van der Waals surface area contributed by atoms with Crippen LogP contribution in [0.3, 0.4) is 0 Å². The Hall–Kier alpha value is -1.26. The Morgan fingerprint density at radius 3 is 2.55 bits per heavy atom. The molecule has 4 N–H and O–H groups in total. The van der Waals surface area contributed by atoms with Crippen molar-refractivity contribution < 1.29 is 5.21 Å². The maximum absolute atomic E-state index is 8.65. The van der Waals surface area contributed by atoms with Gasteiger partial charge in [0.05, 0.1) is 0 Å². The molecule has 0 saturated heterocycles. The Balaban J connectivity index is 2.70. The van der Waals surface area contributed by atoms with Crippen LogP contribution in [-0.4, -0.2) is 17.1 Å². The van der Waals surface area contributed by atoms with E-state index in [4.69, 9.17) is 22.5 Å². The second-order valence-corrected chi connectivity index (χ2v) is 5.44. The van der Waals surface area contributed by atoms with Crippen LogP contribution in [0.4, 0.5) is 0 Å². The van der Waals surface area contributed by atoms with E-state index < -0.39 is 0 Å². The molecular formula is C15H24ClN3O. The van der Waals surface area contributed by atoms with Gasteiger partial charge in [-0.1, -0.05) is 55.6 Å². The highest BCUT2D eigenvalue weighted by atomic mass is 35.5. The summed E-state index contributed by atoms with van der Waals surface area (Å²) < 4.78 is 0. The lowest BCUT2D eigenvalue weighted by Crippen LogP contribution is -2.32. The van der Waals surface area contributed by atoms with Crippen LogP contribution >= 0.6 is 11.6 Å². The van der Waals surface area contributed by atoms with Gasteiger partial charge in [-0.3, -0.25) is 0 Å². The van der Waals surface area contributed by atoms with Gasteiger partial charge in [0.15, 0.2) is 5.84 Å². The molecule has 1 unspecified atom stereocenters. The minimum absolute atomic E-state index is 0.0665. The topological polar surface area (TPSA) is 70.6 Å². The summed E-state index contributed by atoms with van der Waals surface area (Å²) in [6.45, 7) is 7.35. The van der Waals surface area contributed by atoms with E-state index >= 15 is 0 Å². The molecule has 0 aliphatic heterocycles. The third-order valence-electron chi connectivity index (χ3n) is 3.83. The fourth-order valence-electron chi connectivity index (χ4n) is 2.34. The quantitative estimate of drug-likeness (QED) is 0.313. The van der Waals surface area contributed by atoms with Crippen molar-refractivity contribution in [2.75, 3.05) is 0 Å². The summed E-state index contributed by atoms with van der Waals surface area (Å²) in [7, 11) is 0. The number of hydrogen-bond acceptors (Lipinski definition) is 3. The molecule has 1 rings (SSSR count). The average Bonchev–Trinajstić information content (AvgIpc) is 2.46. The monoisotopic (exact) mass is 297 g/mol. The molecule has 0 bridgehead atoms. The van der Waals surface area contributed by atoms with Gasteiger partial charge in [0, 0.05) is 23.2 Å². The number of nitrogens with two attached hydrogens (primary N) is 1. The molecule has 1 atom stereocenters. The average molecular weight is 298 g/mol. The van der Waals surface area contributed by atoms with E-state index in [2.05, 4.69) is 31.2 Å². The highest BCUT2D eigenvalue weighted by Gasteiger charge is 2.13. The van der Waals surface area contributed by atoms with Gasteiger partial charge in [-0.05, 0) is 24.5 Å². The maximum Gasteiger partial charge on any atom is 0.170 e. The zero-order valence-corrected chi connectivity index (χ0v) is 13.1. The summed E-state index contributed by atoms with van der Waals surface area (Å²) in [6, 6.07) is 5.88. The van der Waals surface area contributed by atoms with Crippen LogP contribution in [0.2, 0.25) is 5.02 Å². The van der Waals surface area contributed by atoms with E-state index in [0.717, 1.165) is 5.56 Å². The third kappa shape index (κ3) is 4.39. The summed E-state index contributed by atoms with van der Waals surface area (Å²) in [5.41, 5.74) is 7.17. The van der Waals surface area contributed by atoms with E-state index in [1.54, 1.807) is 12.1 Å². The van der Waals surface area contributed by atoms with Gasteiger partial charge in [0.1, 0.15) is 0 Å². The van der Waals surface area contributed by atoms with Crippen molar-refractivity contribution in [1.82, 2.24) is 5.32 Å². The number of nitrogens with zero attached hydrogens (tertiary/aromatic N) is 1. The molecule has 0 amide bonds. The van der Waals surface area contributed by atoms with Crippen molar-refractivity contribution >= 4 is 17.4 Å². The molecule has 0 aliphatic carbocycles. The number of oxime groups is 1. The van der Waals surface area contributed by atoms with Crippen molar-refractivity contribution in [3.8, 4) is 0 Å². The van der Waals surface area contributed by atoms with Gasteiger partial charge in [-0.15, -0.1) is 0 Å². The number of rotatable bonds is 7. The van der Waals surface area contributed by atoms with Crippen LogP contribution in [0.15, 0.2) is 23.4 Å². The largest absolute Gasteiger partial charge is 0.409 e. The minimum atomic E-state index is 0.0665. The molecule has 1 aromatic rings. The van der Waals surface area contributed by atoms with E-state index in [-0.39, 0.29) is 5.84 Å². The van der Waals surface area contributed by atoms with Crippen molar-refractivity contribution in [3.05, 3.63) is 34.3 Å². The Morgan fingerprint density at radius 1 is 1.40 bits per heavy atom. The minimum Gasteiger partial charge on any atom is -0.409 e. The van der Waals surface area contributed by atoms with Crippen LogP contribution in [0.5, 0.6) is 0 Å². The number of halogens is 1. The molecular weight excluding hydrogens is 274 g/mol. The van der Waals surface area contributed by atoms with Crippen molar-refractivity contribution in [2.24, 2.45) is 16.8 Å². The van der Waals surface area contributed by atoms with Crippen LogP contribution < -0.4 is 11.1 Å². The lowest BCUT2D eigenvalue weighted by atomic mass is 9.95. The maximum atomic E-state index is 8.65. The van der Waals surface area contributed by atoms with Crippen molar-refractivity contribution in [3.63, 3.8) is 0 Å². The highest BCUT2D eigenvalue weighted by Crippen LogP contribution is 2.19. The molecule has 5 heteroatoms. The molecule has 0 fully saturated rings. The smallest absolute Gasteiger partial charge is 0.170 e. The Kier molecular flexibility index (Phi) is 6.82. The molecule has 0 saturated carbocycles. The summed E-state index contributed by atoms with van der Waals surface area (Å²) >= 11 is 6.23. The molecule has 112 valence electrons. The number of benzene rings is 1. The first-order valence-corrected chi connectivity index (χ1v) is 7.40. The lowest BCUT2D eigenvalue weighted by molar-refractivity contribution is 0.318. The predicted octanol–water partition coefficient (Wildman–Crippen LogP) is 3.35. The third-order valence-corrected chi connectivity index (χ3v) is 4.18. The fraction of sp³-hybridized carbons (Fsp3) is 0.533. The van der Waals surface area contributed by atoms with Gasteiger partial charge in [-0.25, -0.2) is 0 Å². The number of nitrogens with one attached hydrogen (secondary N) is 1. The standard InChI is InChI=1S/C15H24ClN3O/c1-4-11(5-2)10(3)18-9-13-7-6-12(8-14(13)16)15(17)19-20/h6-8,10-11,18,20H,4-5,9H2,1-3H3,(H2,17,19). The van der Waals surface area contributed by atoms with Crippen LogP contribution in [0.1, 0.15) is 44.7 Å². The zero-order chi connectivity index (χ0) is 15.1. The van der Waals surface area contributed by atoms with E-state index in [1.807, 2.05) is 6.07 Å². The lowest BCUT2D eigenvalue weighted by Gasteiger charge is -2.23. The molecule has 20 heavy (non-hydrogen) atoms. The molecule has 0 spiro atoms. The Labute approximate surface area is 126 Å². The van der Waals surface area contributed by atoms with Gasteiger partial charge in [-0.2, -0.15) is 0 Å². The first-order valence-electron chi connectivity index (χ1n) is 7.03. The first kappa shape index (κ1) is 16.8. The molecule has 1 aromatic carbocycles.